The van der Waals surface area contributed by atoms with Crippen molar-refractivity contribution in [2.75, 3.05) is 4.90 Å². The van der Waals surface area contributed by atoms with Gasteiger partial charge in [-0.3, -0.25) is 0 Å². The largest absolute Gasteiger partial charge is 0.324 e. The molecule has 1 heterocycles. The summed E-state index contributed by atoms with van der Waals surface area (Å²) in [4.78, 5) is 2.17. The number of allylic oxidation sites excluding steroid dienone is 4. The molecule has 1 nitrogen and oxygen atoms in total. The van der Waals surface area contributed by atoms with Gasteiger partial charge >= 0.3 is 0 Å². The van der Waals surface area contributed by atoms with Gasteiger partial charge in [-0.25, -0.2) is 0 Å². The number of anilines is 1. The van der Waals surface area contributed by atoms with Crippen molar-refractivity contribution < 1.29 is 0 Å². The topological polar surface area (TPSA) is 3.24 Å². The minimum Gasteiger partial charge on any atom is -0.324 e. The average Bonchev–Trinajstić information content (AvgIpc) is 2.56. The molecule has 0 aromatic heterocycles. The zero-order valence-corrected chi connectivity index (χ0v) is 10.7. The Balaban J connectivity index is 2.45. The first-order chi connectivity index (χ1) is 8.09. The molecule has 0 spiro atoms. The van der Waals surface area contributed by atoms with Crippen LogP contribution in [0.25, 0.3) is 0 Å². The Labute approximate surface area is 104 Å². The molecule has 17 heavy (non-hydrogen) atoms. The Kier molecular flexibility index (Phi) is 3.19. The number of nitrogens with zero attached hydrogens (tertiary/aromatic N) is 1. The van der Waals surface area contributed by atoms with Crippen molar-refractivity contribution in [3.8, 4) is 0 Å². The molecule has 1 aromatic carbocycles. The Hall–Kier alpha value is -1.76. The summed E-state index contributed by atoms with van der Waals surface area (Å²) in [6.45, 7) is 6.74. The molecule has 88 valence electrons. The molecule has 0 saturated heterocycles. The van der Waals surface area contributed by atoms with Gasteiger partial charge in [0, 0.05) is 18.1 Å². The van der Waals surface area contributed by atoms with E-state index in [1.54, 1.807) is 0 Å². The van der Waals surface area contributed by atoms with E-state index in [0.717, 1.165) is 0 Å². The van der Waals surface area contributed by atoms with Crippen molar-refractivity contribution in [2.45, 2.75) is 26.2 Å². The smallest absolute Gasteiger partial charge is 0.0486 e. The lowest BCUT2D eigenvalue weighted by molar-refractivity contribution is 0.591. The van der Waals surface area contributed by atoms with E-state index in [9.17, 15) is 0 Å². The zero-order valence-electron chi connectivity index (χ0n) is 10.7. The lowest BCUT2D eigenvalue weighted by Crippen LogP contribution is -2.17. The van der Waals surface area contributed by atoms with E-state index in [1.165, 1.54) is 11.3 Å². The standard InChI is InChI=1S/C16H19N/c1-16(2,3)14-10-6-7-11-15(14)17-12-8-4-5-9-13-17/h4-13H,1-3H3. The highest BCUT2D eigenvalue weighted by atomic mass is 15.1. The van der Waals surface area contributed by atoms with Gasteiger partial charge in [0.1, 0.15) is 0 Å². The summed E-state index contributed by atoms with van der Waals surface area (Å²) in [7, 11) is 0. The summed E-state index contributed by atoms with van der Waals surface area (Å²) >= 11 is 0. The van der Waals surface area contributed by atoms with Gasteiger partial charge in [0.25, 0.3) is 0 Å². The van der Waals surface area contributed by atoms with Gasteiger partial charge in [-0.1, -0.05) is 51.1 Å². The molecule has 0 fully saturated rings. The summed E-state index contributed by atoms with van der Waals surface area (Å²) in [6.07, 6.45) is 12.4. The van der Waals surface area contributed by atoms with E-state index in [2.05, 4.69) is 74.5 Å². The van der Waals surface area contributed by atoms with Crippen molar-refractivity contribution in [1.82, 2.24) is 0 Å². The molecule has 0 atom stereocenters. The molecule has 1 aliphatic rings. The molecule has 0 aliphatic carbocycles. The third-order valence-corrected chi connectivity index (χ3v) is 2.82. The molecular weight excluding hydrogens is 206 g/mol. The van der Waals surface area contributed by atoms with Gasteiger partial charge in [0.05, 0.1) is 0 Å². The Morgan fingerprint density at radius 3 is 2.00 bits per heavy atom. The fourth-order valence-corrected chi connectivity index (χ4v) is 1.96. The predicted molar refractivity (Wildman–Crippen MR) is 75.0 cm³/mol. The quantitative estimate of drug-likeness (QED) is 0.685. The van der Waals surface area contributed by atoms with Crippen LogP contribution < -0.4 is 4.90 Å². The van der Waals surface area contributed by atoms with Crippen molar-refractivity contribution in [3.05, 3.63) is 66.5 Å². The van der Waals surface area contributed by atoms with E-state index in [4.69, 9.17) is 0 Å². The van der Waals surface area contributed by atoms with Gasteiger partial charge in [0.15, 0.2) is 0 Å². The maximum atomic E-state index is 2.25. The van der Waals surface area contributed by atoms with Crippen molar-refractivity contribution in [1.29, 1.82) is 0 Å². The molecule has 1 aliphatic heterocycles. The van der Waals surface area contributed by atoms with Crippen LogP contribution in [-0.4, -0.2) is 0 Å². The number of rotatable bonds is 1. The minimum absolute atomic E-state index is 0.151. The number of hydrogen-bond acceptors (Lipinski definition) is 1. The van der Waals surface area contributed by atoms with Crippen LogP contribution in [0, 0.1) is 0 Å². The first-order valence-corrected chi connectivity index (χ1v) is 5.98. The van der Waals surface area contributed by atoms with Crippen molar-refractivity contribution >= 4 is 5.69 Å². The fourth-order valence-electron chi connectivity index (χ4n) is 1.96. The molecule has 0 unspecified atom stereocenters. The maximum Gasteiger partial charge on any atom is 0.0486 e. The van der Waals surface area contributed by atoms with Crippen LogP contribution in [-0.2, 0) is 5.41 Å². The summed E-state index contributed by atoms with van der Waals surface area (Å²) in [5, 5.41) is 0. The van der Waals surface area contributed by atoms with Crippen LogP contribution in [0.3, 0.4) is 0 Å². The van der Waals surface area contributed by atoms with Crippen LogP contribution in [0.15, 0.2) is 61.0 Å². The third-order valence-electron chi connectivity index (χ3n) is 2.82. The third kappa shape index (κ3) is 2.68. The van der Waals surface area contributed by atoms with E-state index >= 15 is 0 Å². The lowest BCUT2D eigenvalue weighted by atomic mass is 9.85. The summed E-state index contributed by atoms with van der Waals surface area (Å²) in [5.74, 6) is 0. The summed E-state index contributed by atoms with van der Waals surface area (Å²) < 4.78 is 0. The summed E-state index contributed by atoms with van der Waals surface area (Å²) in [5.41, 5.74) is 2.75. The predicted octanol–water partition coefficient (Wildman–Crippen LogP) is 4.39. The molecule has 0 saturated carbocycles. The summed E-state index contributed by atoms with van der Waals surface area (Å²) in [6, 6.07) is 8.56. The van der Waals surface area contributed by atoms with Gasteiger partial charge in [-0.05, 0) is 29.2 Å². The lowest BCUT2D eigenvalue weighted by Gasteiger charge is -2.27. The highest BCUT2D eigenvalue weighted by Gasteiger charge is 2.19. The number of para-hydroxylation sites is 1. The normalized spacial score (nSPS) is 15.1. The van der Waals surface area contributed by atoms with E-state index in [1.807, 2.05) is 12.2 Å². The average molecular weight is 225 g/mol. The second-order valence-electron chi connectivity index (χ2n) is 5.24. The Morgan fingerprint density at radius 1 is 0.824 bits per heavy atom. The van der Waals surface area contributed by atoms with Crippen molar-refractivity contribution in [3.63, 3.8) is 0 Å². The number of hydrogen-bond donors (Lipinski definition) is 0. The van der Waals surface area contributed by atoms with Gasteiger partial charge in [-0.2, -0.15) is 0 Å². The fraction of sp³-hybridized carbons (Fsp3) is 0.250. The van der Waals surface area contributed by atoms with Crippen LogP contribution >= 0.6 is 0 Å². The number of benzene rings is 1. The minimum atomic E-state index is 0.151. The highest BCUT2D eigenvalue weighted by molar-refractivity contribution is 5.61. The van der Waals surface area contributed by atoms with E-state index in [-0.39, 0.29) is 5.41 Å². The molecule has 0 N–H and O–H groups in total. The van der Waals surface area contributed by atoms with E-state index < -0.39 is 0 Å². The Bertz CT molecular complexity index is 457. The zero-order chi connectivity index (χ0) is 12.3. The molecule has 0 bridgehead atoms. The second-order valence-corrected chi connectivity index (χ2v) is 5.24. The van der Waals surface area contributed by atoms with E-state index in [0.29, 0.717) is 0 Å². The van der Waals surface area contributed by atoms with Crippen LogP contribution in [0.1, 0.15) is 26.3 Å². The van der Waals surface area contributed by atoms with Gasteiger partial charge < -0.3 is 4.90 Å². The van der Waals surface area contributed by atoms with Gasteiger partial charge in [-0.15, -0.1) is 0 Å². The van der Waals surface area contributed by atoms with Gasteiger partial charge in [0.2, 0.25) is 0 Å². The Morgan fingerprint density at radius 2 is 1.41 bits per heavy atom. The molecule has 2 rings (SSSR count). The molecule has 1 aromatic rings. The first-order valence-electron chi connectivity index (χ1n) is 5.98. The van der Waals surface area contributed by atoms with Crippen LogP contribution in [0.2, 0.25) is 0 Å². The molecule has 0 amide bonds. The SMILES string of the molecule is CC(C)(C)c1ccccc1N1C=CC=CC=C1. The van der Waals surface area contributed by atoms with Crippen LogP contribution in [0.5, 0.6) is 0 Å². The molecule has 0 radical (unpaired) electrons. The second kappa shape index (κ2) is 4.62. The maximum absolute atomic E-state index is 2.25. The highest BCUT2D eigenvalue weighted by Crippen LogP contribution is 2.32. The molecular formula is C16H19N. The van der Waals surface area contributed by atoms with Crippen LogP contribution in [0.4, 0.5) is 5.69 Å². The first kappa shape index (κ1) is 11.7. The van der Waals surface area contributed by atoms with Crippen molar-refractivity contribution in [2.24, 2.45) is 0 Å². The monoisotopic (exact) mass is 225 g/mol. The molecule has 1 heteroatoms.